The first kappa shape index (κ1) is 12.7. The lowest BCUT2D eigenvalue weighted by Crippen LogP contribution is -2.15. The molecule has 2 heterocycles. The summed E-state index contributed by atoms with van der Waals surface area (Å²) in [5, 5.41) is 12.0. The second-order valence-electron chi connectivity index (χ2n) is 4.98. The third-order valence-corrected chi connectivity index (χ3v) is 4.19. The van der Waals surface area contributed by atoms with Gasteiger partial charge in [0.25, 0.3) is 0 Å². The second-order valence-corrected chi connectivity index (χ2v) is 5.83. The largest absolute Gasteiger partial charge is 0.377 e. The summed E-state index contributed by atoms with van der Waals surface area (Å²) in [5.41, 5.74) is 2.35. The Morgan fingerprint density at radius 1 is 1.32 bits per heavy atom. The van der Waals surface area contributed by atoms with E-state index in [1.165, 1.54) is 18.4 Å². The number of nitrogens with zero attached hydrogens (tertiary/aromatic N) is 3. The molecular formula is C14H17BrN4. The molecule has 0 saturated carbocycles. The van der Waals surface area contributed by atoms with Gasteiger partial charge in [-0.25, -0.2) is 0 Å². The molecular weight excluding hydrogens is 304 g/mol. The molecule has 3 rings (SSSR count). The lowest BCUT2D eigenvalue weighted by molar-refractivity contribution is 0.510. The van der Waals surface area contributed by atoms with E-state index in [4.69, 9.17) is 0 Å². The fraction of sp³-hybridized carbons (Fsp3) is 0.429. The quantitative estimate of drug-likeness (QED) is 0.943. The molecule has 1 aliphatic rings. The summed E-state index contributed by atoms with van der Waals surface area (Å²) in [6.07, 6.45) is 3.52. The van der Waals surface area contributed by atoms with E-state index in [-0.39, 0.29) is 0 Å². The molecule has 1 aromatic heterocycles. The zero-order valence-corrected chi connectivity index (χ0v) is 12.6. The monoisotopic (exact) mass is 320 g/mol. The van der Waals surface area contributed by atoms with Crippen molar-refractivity contribution in [2.24, 2.45) is 0 Å². The van der Waals surface area contributed by atoms with Gasteiger partial charge in [-0.1, -0.05) is 6.07 Å². The number of hydrogen-bond donors (Lipinski definition) is 1. The van der Waals surface area contributed by atoms with Crippen molar-refractivity contribution in [3.8, 4) is 0 Å². The van der Waals surface area contributed by atoms with Gasteiger partial charge in [0.05, 0.1) is 6.54 Å². The molecule has 1 N–H and O–H groups in total. The van der Waals surface area contributed by atoms with Crippen LogP contribution in [0.4, 0.5) is 5.69 Å². The Labute approximate surface area is 121 Å². The highest BCUT2D eigenvalue weighted by molar-refractivity contribution is 9.10. The van der Waals surface area contributed by atoms with Crippen molar-refractivity contribution >= 4 is 21.6 Å². The Morgan fingerprint density at radius 3 is 3.11 bits per heavy atom. The number of anilines is 1. The van der Waals surface area contributed by atoms with Crippen LogP contribution < -0.4 is 5.32 Å². The standard InChI is InChI=1S/C14H17BrN4/c1-10-5-6-11(15)12(8-10)16-9-14-18-17-13-4-2-3-7-19(13)14/h5-6,8,16H,2-4,7,9H2,1H3. The number of aromatic nitrogens is 3. The highest BCUT2D eigenvalue weighted by atomic mass is 79.9. The lowest BCUT2D eigenvalue weighted by Gasteiger charge is -2.15. The Balaban J connectivity index is 1.75. The van der Waals surface area contributed by atoms with Gasteiger partial charge in [-0.15, -0.1) is 10.2 Å². The number of aryl methyl sites for hydroxylation is 2. The lowest BCUT2D eigenvalue weighted by atomic mass is 10.1. The summed E-state index contributed by atoms with van der Waals surface area (Å²) in [6, 6.07) is 6.29. The minimum Gasteiger partial charge on any atom is -0.377 e. The van der Waals surface area contributed by atoms with Gasteiger partial charge >= 0.3 is 0 Å². The zero-order chi connectivity index (χ0) is 13.2. The number of halogens is 1. The molecule has 0 aliphatic carbocycles. The van der Waals surface area contributed by atoms with Crippen LogP contribution >= 0.6 is 15.9 Å². The summed E-state index contributed by atoms with van der Waals surface area (Å²) in [7, 11) is 0. The first-order valence-corrected chi connectivity index (χ1v) is 7.44. The highest BCUT2D eigenvalue weighted by Gasteiger charge is 2.15. The van der Waals surface area contributed by atoms with Crippen LogP contribution in [-0.4, -0.2) is 14.8 Å². The number of nitrogens with one attached hydrogen (secondary N) is 1. The molecule has 0 fully saturated rings. The summed E-state index contributed by atoms with van der Waals surface area (Å²) < 4.78 is 3.33. The van der Waals surface area contributed by atoms with E-state index in [0.717, 1.165) is 41.3 Å². The Hall–Kier alpha value is -1.36. The van der Waals surface area contributed by atoms with Crippen LogP contribution in [0, 0.1) is 6.92 Å². The molecule has 0 atom stereocenters. The molecule has 4 nitrogen and oxygen atoms in total. The predicted octanol–water partition coefficient (Wildman–Crippen LogP) is 3.30. The fourth-order valence-corrected chi connectivity index (χ4v) is 2.83. The third-order valence-electron chi connectivity index (χ3n) is 3.49. The van der Waals surface area contributed by atoms with Crippen LogP contribution in [-0.2, 0) is 19.5 Å². The van der Waals surface area contributed by atoms with Gasteiger partial charge < -0.3 is 9.88 Å². The Bertz CT molecular complexity index is 591. The molecule has 0 amide bonds. The minimum absolute atomic E-state index is 0.717. The van der Waals surface area contributed by atoms with Crippen molar-refractivity contribution in [1.82, 2.24) is 14.8 Å². The van der Waals surface area contributed by atoms with Gasteiger partial charge in [0.1, 0.15) is 5.82 Å². The van der Waals surface area contributed by atoms with E-state index in [9.17, 15) is 0 Å². The van der Waals surface area contributed by atoms with Crippen LogP contribution in [0.1, 0.15) is 30.1 Å². The molecule has 0 spiro atoms. The average Bonchev–Trinajstić information content (AvgIpc) is 2.83. The summed E-state index contributed by atoms with van der Waals surface area (Å²) in [6.45, 7) is 3.86. The molecule has 5 heteroatoms. The minimum atomic E-state index is 0.717. The Kier molecular flexibility index (Phi) is 3.55. The van der Waals surface area contributed by atoms with Gasteiger partial charge in [0.2, 0.25) is 0 Å². The van der Waals surface area contributed by atoms with E-state index in [2.05, 4.69) is 61.1 Å². The molecule has 100 valence electrons. The van der Waals surface area contributed by atoms with Crippen molar-refractivity contribution < 1.29 is 0 Å². The molecule has 2 aromatic rings. The topological polar surface area (TPSA) is 42.7 Å². The summed E-state index contributed by atoms with van der Waals surface area (Å²) in [4.78, 5) is 0. The number of hydrogen-bond acceptors (Lipinski definition) is 3. The van der Waals surface area contributed by atoms with Crippen LogP contribution in [0.2, 0.25) is 0 Å². The van der Waals surface area contributed by atoms with Crippen molar-refractivity contribution in [2.45, 2.75) is 39.3 Å². The van der Waals surface area contributed by atoms with E-state index in [1.54, 1.807) is 0 Å². The highest BCUT2D eigenvalue weighted by Crippen LogP contribution is 2.24. The first-order chi connectivity index (χ1) is 9.24. The average molecular weight is 321 g/mol. The van der Waals surface area contributed by atoms with Crippen LogP contribution in [0.5, 0.6) is 0 Å². The number of benzene rings is 1. The van der Waals surface area contributed by atoms with Gasteiger partial charge in [-0.05, 0) is 53.4 Å². The van der Waals surface area contributed by atoms with E-state index >= 15 is 0 Å². The summed E-state index contributed by atoms with van der Waals surface area (Å²) >= 11 is 3.56. The fourth-order valence-electron chi connectivity index (χ4n) is 2.45. The third kappa shape index (κ3) is 2.66. The van der Waals surface area contributed by atoms with Gasteiger partial charge in [0, 0.05) is 23.1 Å². The van der Waals surface area contributed by atoms with Crippen molar-refractivity contribution in [2.75, 3.05) is 5.32 Å². The zero-order valence-electron chi connectivity index (χ0n) is 11.0. The normalized spacial score (nSPS) is 14.2. The van der Waals surface area contributed by atoms with Gasteiger partial charge in [0.15, 0.2) is 5.82 Å². The molecule has 1 aromatic carbocycles. The maximum atomic E-state index is 4.30. The Morgan fingerprint density at radius 2 is 2.21 bits per heavy atom. The maximum Gasteiger partial charge on any atom is 0.152 e. The maximum absolute atomic E-state index is 4.30. The first-order valence-electron chi connectivity index (χ1n) is 6.65. The summed E-state index contributed by atoms with van der Waals surface area (Å²) in [5.74, 6) is 2.16. The van der Waals surface area contributed by atoms with Crippen LogP contribution in [0.15, 0.2) is 22.7 Å². The number of rotatable bonds is 3. The molecule has 0 bridgehead atoms. The van der Waals surface area contributed by atoms with E-state index < -0.39 is 0 Å². The molecule has 0 radical (unpaired) electrons. The SMILES string of the molecule is Cc1ccc(Br)c(NCc2nnc3n2CCCC3)c1. The molecule has 0 saturated heterocycles. The predicted molar refractivity (Wildman–Crippen MR) is 79.2 cm³/mol. The second kappa shape index (κ2) is 5.33. The van der Waals surface area contributed by atoms with Crippen LogP contribution in [0.25, 0.3) is 0 Å². The molecule has 1 aliphatic heterocycles. The smallest absolute Gasteiger partial charge is 0.152 e. The van der Waals surface area contributed by atoms with Crippen molar-refractivity contribution in [3.05, 3.63) is 39.9 Å². The van der Waals surface area contributed by atoms with Gasteiger partial charge in [-0.2, -0.15) is 0 Å². The molecule has 19 heavy (non-hydrogen) atoms. The van der Waals surface area contributed by atoms with Crippen molar-refractivity contribution in [3.63, 3.8) is 0 Å². The van der Waals surface area contributed by atoms with E-state index in [1.807, 2.05) is 0 Å². The van der Waals surface area contributed by atoms with Crippen LogP contribution in [0.3, 0.4) is 0 Å². The number of fused-ring (bicyclic) bond motifs is 1. The van der Waals surface area contributed by atoms with Gasteiger partial charge in [-0.3, -0.25) is 0 Å². The van der Waals surface area contributed by atoms with Crippen molar-refractivity contribution in [1.29, 1.82) is 0 Å². The molecule has 0 unspecified atom stereocenters. The van der Waals surface area contributed by atoms with E-state index in [0.29, 0.717) is 0 Å².